The molecular formula is C18H27BrN2. The van der Waals surface area contributed by atoms with Crippen molar-refractivity contribution in [3.8, 4) is 0 Å². The van der Waals surface area contributed by atoms with Crippen LogP contribution in [-0.2, 0) is 6.54 Å². The molecule has 2 atom stereocenters. The zero-order valence-electron chi connectivity index (χ0n) is 13.1. The third-order valence-electron chi connectivity index (χ3n) is 5.13. The van der Waals surface area contributed by atoms with Crippen LogP contribution in [0.3, 0.4) is 0 Å². The number of nitrogens with zero attached hydrogens (tertiary/aromatic N) is 2. The Morgan fingerprint density at radius 1 is 1.14 bits per heavy atom. The van der Waals surface area contributed by atoms with E-state index in [0.717, 1.165) is 18.5 Å². The van der Waals surface area contributed by atoms with Crippen LogP contribution in [0.25, 0.3) is 0 Å². The van der Waals surface area contributed by atoms with E-state index in [1.807, 2.05) is 0 Å². The Morgan fingerprint density at radius 3 is 2.67 bits per heavy atom. The smallest absolute Gasteiger partial charge is 0.0235 e. The van der Waals surface area contributed by atoms with Crippen molar-refractivity contribution in [1.82, 2.24) is 9.80 Å². The van der Waals surface area contributed by atoms with E-state index in [4.69, 9.17) is 0 Å². The van der Waals surface area contributed by atoms with Gasteiger partial charge in [-0.1, -0.05) is 47.8 Å². The Bertz CT molecular complexity index is 454. The summed E-state index contributed by atoms with van der Waals surface area (Å²) in [4.78, 5) is 5.36. The van der Waals surface area contributed by atoms with Crippen molar-refractivity contribution >= 4 is 15.9 Å². The largest absolute Gasteiger partial charge is 0.298 e. The van der Waals surface area contributed by atoms with Gasteiger partial charge in [-0.3, -0.25) is 9.80 Å². The molecule has 3 heteroatoms. The Balaban J connectivity index is 1.48. The first-order chi connectivity index (χ1) is 10.2. The Morgan fingerprint density at radius 2 is 1.95 bits per heavy atom. The van der Waals surface area contributed by atoms with Crippen molar-refractivity contribution in [2.24, 2.45) is 5.92 Å². The van der Waals surface area contributed by atoms with Crippen LogP contribution >= 0.6 is 15.9 Å². The first-order valence-electron chi connectivity index (χ1n) is 8.41. The van der Waals surface area contributed by atoms with Crippen LogP contribution in [0, 0.1) is 5.92 Å². The summed E-state index contributed by atoms with van der Waals surface area (Å²) in [5.41, 5.74) is 1.42. The molecule has 1 saturated heterocycles. The average Bonchev–Trinajstić information content (AvgIpc) is 2.48. The molecule has 2 aliphatic rings. The maximum atomic E-state index is 3.57. The van der Waals surface area contributed by atoms with Gasteiger partial charge in [0.25, 0.3) is 0 Å². The molecule has 0 unspecified atom stereocenters. The van der Waals surface area contributed by atoms with Gasteiger partial charge in [-0.05, 0) is 36.5 Å². The monoisotopic (exact) mass is 350 g/mol. The molecule has 1 saturated carbocycles. The highest BCUT2D eigenvalue weighted by Crippen LogP contribution is 2.28. The molecule has 1 aromatic carbocycles. The molecule has 0 N–H and O–H groups in total. The molecule has 1 aromatic rings. The number of benzene rings is 1. The van der Waals surface area contributed by atoms with Crippen LogP contribution in [0.1, 0.15) is 38.2 Å². The lowest BCUT2D eigenvalue weighted by atomic mass is 9.86. The summed E-state index contributed by atoms with van der Waals surface area (Å²) < 4.78 is 1.19. The van der Waals surface area contributed by atoms with Gasteiger partial charge in [0.2, 0.25) is 0 Å². The molecule has 0 radical (unpaired) electrons. The van der Waals surface area contributed by atoms with Crippen LogP contribution in [-0.4, -0.2) is 42.0 Å². The first-order valence-corrected chi connectivity index (χ1v) is 9.21. The molecule has 0 amide bonds. The van der Waals surface area contributed by atoms with Gasteiger partial charge in [-0.25, -0.2) is 0 Å². The minimum absolute atomic E-state index is 0.863. The summed E-state index contributed by atoms with van der Waals surface area (Å²) in [5, 5.41) is 0. The highest BCUT2D eigenvalue weighted by molar-refractivity contribution is 9.10. The maximum Gasteiger partial charge on any atom is 0.0235 e. The Kier molecular flexibility index (Phi) is 5.36. The van der Waals surface area contributed by atoms with E-state index in [1.165, 1.54) is 61.9 Å². The molecule has 1 heterocycles. The highest BCUT2D eigenvalue weighted by atomic mass is 79.9. The molecule has 21 heavy (non-hydrogen) atoms. The molecule has 116 valence electrons. The van der Waals surface area contributed by atoms with Gasteiger partial charge in [0.15, 0.2) is 0 Å². The summed E-state index contributed by atoms with van der Waals surface area (Å²) in [5.74, 6) is 0.934. The van der Waals surface area contributed by atoms with Gasteiger partial charge >= 0.3 is 0 Å². The van der Waals surface area contributed by atoms with E-state index in [9.17, 15) is 0 Å². The third-order valence-corrected chi connectivity index (χ3v) is 5.62. The summed E-state index contributed by atoms with van der Waals surface area (Å²) in [6.45, 7) is 8.47. The molecule has 2 fully saturated rings. The minimum atomic E-state index is 0.863. The summed E-state index contributed by atoms with van der Waals surface area (Å²) in [7, 11) is 0. The van der Waals surface area contributed by atoms with E-state index in [2.05, 4.69) is 56.9 Å². The lowest BCUT2D eigenvalue weighted by molar-refractivity contribution is 0.0659. The van der Waals surface area contributed by atoms with Gasteiger partial charge in [0.1, 0.15) is 0 Å². The number of piperazine rings is 1. The van der Waals surface area contributed by atoms with Crippen molar-refractivity contribution in [3.05, 3.63) is 34.3 Å². The molecule has 2 nitrogen and oxygen atoms in total. The highest BCUT2D eigenvalue weighted by Gasteiger charge is 2.27. The molecular weight excluding hydrogens is 324 g/mol. The Labute approximate surface area is 137 Å². The van der Waals surface area contributed by atoms with E-state index in [1.54, 1.807) is 0 Å². The van der Waals surface area contributed by atoms with E-state index < -0.39 is 0 Å². The van der Waals surface area contributed by atoms with Crippen LogP contribution in [0.4, 0.5) is 0 Å². The zero-order valence-corrected chi connectivity index (χ0v) is 14.7. The van der Waals surface area contributed by atoms with Crippen molar-refractivity contribution in [2.45, 2.75) is 45.2 Å². The number of hydrogen-bond acceptors (Lipinski definition) is 2. The maximum absolute atomic E-state index is 3.57. The van der Waals surface area contributed by atoms with Crippen molar-refractivity contribution in [1.29, 1.82) is 0 Å². The molecule has 1 aliphatic heterocycles. The predicted molar refractivity (Wildman–Crippen MR) is 92.4 cm³/mol. The topological polar surface area (TPSA) is 6.48 Å². The van der Waals surface area contributed by atoms with Crippen LogP contribution in [0.5, 0.6) is 0 Å². The second kappa shape index (κ2) is 7.26. The van der Waals surface area contributed by atoms with Gasteiger partial charge < -0.3 is 0 Å². The fraction of sp³-hybridized carbons (Fsp3) is 0.667. The summed E-state index contributed by atoms with van der Waals surface area (Å²) in [6.07, 6.45) is 5.73. The van der Waals surface area contributed by atoms with Gasteiger partial charge in [0, 0.05) is 43.2 Å². The standard InChI is InChI=1S/C18H27BrN2/c1-15-4-2-7-18(12-15)21-10-8-20(9-11-21)14-16-5-3-6-17(19)13-16/h3,5-6,13,15,18H,2,4,7-12,14H2,1H3/t15-,18-/m0/s1. The normalized spacial score (nSPS) is 28.7. The molecule has 3 rings (SSSR count). The average molecular weight is 351 g/mol. The Hall–Kier alpha value is -0.380. The first kappa shape index (κ1) is 15.5. The fourth-order valence-electron chi connectivity index (χ4n) is 3.91. The second-order valence-electron chi connectivity index (χ2n) is 6.87. The van der Waals surface area contributed by atoms with Crippen LogP contribution in [0.15, 0.2) is 28.7 Å². The van der Waals surface area contributed by atoms with Gasteiger partial charge in [-0.2, -0.15) is 0 Å². The SMILES string of the molecule is C[C@H]1CCC[C@H](N2CCN(Cc3cccc(Br)c3)CC2)C1. The number of hydrogen-bond donors (Lipinski definition) is 0. The molecule has 0 bridgehead atoms. The third kappa shape index (κ3) is 4.30. The van der Waals surface area contributed by atoms with E-state index in [0.29, 0.717) is 0 Å². The second-order valence-corrected chi connectivity index (χ2v) is 7.78. The van der Waals surface area contributed by atoms with Crippen LogP contribution in [0.2, 0.25) is 0 Å². The predicted octanol–water partition coefficient (Wildman–Crippen LogP) is 4.15. The zero-order chi connectivity index (χ0) is 14.7. The number of halogens is 1. The quantitative estimate of drug-likeness (QED) is 0.807. The van der Waals surface area contributed by atoms with Crippen molar-refractivity contribution in [3.63, 3.8) is 0 Å². The minimum Gasteiger partial charge on any atom is -0.298 e. The molecule has 0 aromatic heterocycles. The number of rotatable bonds is 3. The lowest BCUT2D eigenvalue weighted by Gasteiger charge is -2.42. The van der Waals surface area contributed by atoms with Crippen molar-refractivity contribution in [2.75, 3.05) is 26.2 Å². The van der Waals surface area contributed by atoms with Crippen LogP contribution < -0.4 is 0 Å². The molecule has 0 spiro atoms. The van der Waals surface area contributed by atoms with Gasteiger partial charge in [-0.15, -0.1) is 0 Å². The van der Waals surface area contributed by atoms with E-state index >= 15 is 0 Å². The fourth-order valence-corrected chi connectivity index (χ4v) is 4.36. The molecule has 1 aliphatic carbocycles. The summed E-state index contributed by atoms with van der Waals surface area (Å²) in [6, 6.07) is 9.58. The van der Waals surface area contributed by atoms with Gasteiger partial charge in [0.05, 0.1) is 0 Å². The summed E-state index contributed by atoms with van der Waals surface area (Å²) >= 11 is 3.57. The van der Waals surface area contributed by atoms with Crippen molar-refractivity contribution < 1.29 is 0 Å². The lowest BCUT2D eigenvalue weighted by Crippen LogP contribution is -2.50. The van der Waals surface area contributed by atoms with E-state index in [-0.39, 0.29) is 0 Å².